The van der Waals surface area contributed by atoms with Crippen molar-refractivity contribution in [1.82, 2.24) is 13.2 Å². The maximum atomic E-state index is 13.9. The average molecular weight is 393 g/mol. The zero-order chi connectivity index (χ0) is 18.3. The van der Waals surface area contributed by atoms with Crippen LogP contribution in [0.1, 0.15) is 18.9 Å². The van der Waals surface area contributed by atoms with Crippen molar-refractivity contribution in [3.63, 3.8) is 0 Å². The second kappa shape index (κ2) is 6.57. The SMILES string of the molecule is O=c1c2c(F)cccc2sn1C1CCN(S(=O)(=O)c2cccnc2)CC1. The van der Waals surface area contributed by atoms with E-state index in [4.69, 9.17) is 0 Å². The van der Waals surface area contributed by atoms with Gasteiger partial charge in [0.2, 0.25) is 10.0 Å². The number of fused-ring (bicyclic) bond motifs is 1. The van der Waals surface area contributed by atoms with Gasteiger partial charge in [0.1, 0.15) is 10.7 Å². The van der Waals surface area contributed by atoms with Gasteiger partial charge >= 0.3 is 0 Å². The quantitative estimate of drug-likeness (QED) is 0.686. The van der Waals surface area contributed by atoms with E-state index in [1.54, 1.807) is 22.2 Å². The van der Waals surface area contributed by atoms with Crippen LogP contribution in [0, 0.1) is 5.82 Å². The summed E-state index contributed by atoms with van der Waals surface area (Å²) in [7, 11) is -3.58. The molecule has 6 nitrogen and oxygen atoms in total. The third-order valence-electron chi connectivity index (χ3n) is 4.61. The Morgan fingerprint density at radius 3 is 2.58 bits per heavy atom. The molecular formula is C17H16FN3O3S2. The number of benzene rings is 1. The molecule has 3 aromatic rings. The van der Waals surface area contributed by atoms with Crippen molar-refractivity contribution < 1.29 is 12.8 Å². The molecule has 1 saturated heterocycles. The van der Waals surface area contributed by atoms with Crippen molar-refractivity contribution in [3.8, 4) is 0 Å². The molecule has 0 saturated carbocycles. The fourth-order valence-electron chi connectivity index (χ4n) is 3.25. The molecule has 0 atom stereocenters. The Morgan fingerprint density at radius 2 is 1.92 bits per heavy atom. The summed E-state index contributed by atoms with van der Waals surface area (Å²) in [6, 6.07) is 7.58. The Balaban J connectivity index is 1.57. The summed E-state index contributed by atoms with van der Waals surface area (Å²) >= 11 is 1.24. The topological polar surface area (TPSA) is 72.3 Å². The number of sulfonamides is 1. The third-order valence-corrected chi connectivity index (χ3v) is 7.69. The van der Waals surface area contributed by atoms with Gasteiger partial charge in [0.25, 0.3) is 5.56 Å². The number of piperidine rings is 1. The fraction of sp³-hybridized carbons (Fsp3) is 0.294. The van der Waals surface area contributed by atoms with Crippen LogP contribution in [-0.4, -0.2) is 34.8 Å². The maximum Gasteiger partial charge on any atom is 0.271 e. The number of halogens is 1. The zero-order valence-electron chi connectivity index (χ0n) is 13.7. The zero-order valence-corrected chi connectivity index (χ0v) is 15.3. The van der Waals surface area contributed by atoms with Crippen molar-refractivity contribution in [1.29, 1.82) is 0 Å². The van der Waals surface area contributed by atoms with Crippen LogP contribution in [-0.2, 0) is 10.0 Å². The first-order valence-electron chi connectivity index (χ1n) is 8.19. The van der Waals surface area contributed by atoms with E-state index in [0.29, 0.717) is 30.6 Å². The van der Waals surface area contributed by atoms with E-state index in [2.05, 4.69) is 4.98 Å². The highest BCUT2D eigenvalue weighted by Gasteiger charge is 2.31. The van der Waals surface area contributed by atoms with Gasteiger partial charge in [-0.1, -0.05) is 17.6 Å². The van der Waals surface area contributed by atoms with Gasteiger partial charge in [-0.05, 0) is 37.1 Å². The van der Waals surface area contributed by atoms with Gasteiger partial charge in [0.05, 0.1) is 16.1 Å². The number of pyridine rings is 1. The second-order valence-corrected chi connectivity index (χ2v) is 9.11. The van der Waals surface area contributed by atoms with E-state index in [0.717, 1.165) is 0 Å². The minimum Gasteiger partial charge on any atom is -0.268 e. The number of rotatable bonds is 3. The summed E-state index contributed by atoms with van der Waals surface area (Å²) in [6.45, 7) is 0.621. The Labute approximate surface area is 153 Å². The van der Waals surface area contributed by atoms with Crippen molar-refractivity contribution in [3.05, 3.63) is 58.9 Å². The molecule has 0 unspecified atom stereocenters. The lowest BCUT2D eigenvalue weighted by molar-refractivity contribution is 0.280. The Morgan fingerprint density at radius 1 is 1.15 bits per heavy atom. The van der Waals surface area contributed by atoms with Crippen LogP contribution in [0.25, 0.3) is 10.1 Å². The second-order valence-electron chi connectivity index (χ2n) is 6.16. The summed E-state index contributed by atoms with van der Waals surface area (Å²) < 4.78 is 42.9. The molecule has 0 spiro atoms. The first-order valence-corrected chi connectivity index (χ1v) is 10.4. The molecule has 0 aliphatic carbocycles. The van der Waals surface area contributed by atoms with Crippen LogP contribution in [0.3, 0.4) is 0 Å². The van der Waals surface area contributed by atoms with Crippen LogP contribution in [0.2, 0.25) is 0 Å². The smallest absolute Gasteiger partial charge is 0.268 e. The van der Waals surface area contributed by atoms with Crippen LogP contribution in [0.15, 0.2) is 52.4 Å². The molecule has 1 aromatic carbocycles. The largest absolute Gasteiger partial charge is 0.271 e. The first kappa shape index (κ1) is 17.3. The van der Waals surface area contributed by atoms with Crippen LogP contribution < -0.4 is 5.56 Å². The van der Waals surface area contributed by atoms with Gasteiger partial charge in [-0.3, -0.25) is 13.7 Å². The molecule has 3 heterocycles. The molecular weight excluding hydrogens is 377 g/mol. The van der Waals surface area contributed by atoms with Crippen LogP contribution in [0.4, 0.5) is 4.39 Å². The van der Waals surface area contributed by atoms with Gasteiger partial charge < -0.3 is 0 Å². The molecule has 1 aliphatic rings. The van der Waals surface area contributed by atoms with Crippen molar-refractivity contribution >= 4 is 31.6 Å². The summed E-state index contributed by atoms with van der Waals surface area (Å²) in [6.07, 6.45) is 3.88. The number of aromatic nitrogens is 2. The standard InChI is InChI=1S/C17H16FN3O3S2/c18-14-4-1-5-15-16(14)17(22)21(25-15)12-6-9-20(10-7-12)26(23,24)13-3-2-8-19-11-13/h1-5,8,11-12H,6-7,9-10H2. The van der Waals surface area contributed by atoms with E-state index < -0.39 is 15.8 Å². The molecule has 0 amide bonds. The number of hydrogen-bond acceptors (Lipinski definition) is 5. The first-order chi connectivity index (χ1) is 12.5. The normalized spacial score (nSPS) is 17.0. The van der Waals surface area contributed by atoms with Gasteiger partial charge in [-0.25, -0.2) is 12.8 Å². The molecule has 136 valence electrons. The summed E-state index contributed by atoms with van der Waals surface area (Å²) in [5.41, 5.74) is -0.336. The van der Waals surface area contributed by atoms with Crippen LogP contribution >= 0.6 is 11.5 Å². The minimum absolute atomic E-state index is 0.114. The van der Waals surface area contributed by atoms with Gasteiger partial charge in [-0.2, -0.15) is 4.31 Å². The Bertz CT molecular complexity index is 1100. The van der Waals surface area contributed by atoms with Gasteiger partial charge in [0.15, 0.2) is 0 Å². The third kappa shape index (κ3) is 2.85. The highest BCUT2D eigenvalue weighted by atomic mass is 32.2. The minimum atomic E-state index is -3.58. The highest BCUT2D eigenvalue weighted by molar-refractivity contribution is 7.89. The summed E-state index contributed by atoms with van der Waals surface area (Å²) in [5.74, 6) is -0.515. The molecule has 0 radical (unpaired) electrons. The Kier molecular flexibility index (Phi) is 4.37. The Hall–Kier alpha value is -2.10. The highest BCUT2D eigenvalue weighted by Crippen LogP contribution is 2.29. The molecule has 2 aromatic heterocycles. The van der Waals surface area contributed by atoms with E-state index in [9.17, 15) is 17.6 Å². The lowest BCUT2D eigenvalue weighted by Crippen LogP contribution is -2.40. The van der Waals surface area contributed by atoms with E-state index >= 15 is 0 Å². The number of nitrogens with zero attached hydrogens (tertiary/aromatic N) is 3. The monoisotopic (exact) mass is 393 g/mol. The summed E-state index contributed by atoms with van der Waals surface area (Å²) in [4.78, 5) is 16.6. The lowest BCUT2D eigenvalue weighted by Gasteiger charge is -2.31. The predicted molar refractivity (Wildman–Crippen MR) is 97.3 cm³/mol. The van der Waals surface area contributed by atoms with Crippen molar-refractivity contribution in [2.75, 3.05) is 13.1 Å². The molecule has 1 fully saturated rings. The molecule has 0 N–H and O–H groups in total. The van der Waals surface area contributed by atoms with Crippen LogP contribution in [0.5, 0.6) is 0 Å². The maximum absolute atomic E-state index is 13.9. The molecule has 4 rings (SSSR count). The average Bonchev–Trinajstić information content (AvgIpc) is 3.00. The molecule has 26 heavy (non-hydrogen) atoms. The fourth-order valence-corrected chi connectivity index (χ4v) is 5.85. The molecule has 9 heteroatoms. The van der Waals surface area contributed by atoms with Crippen molar-refractivity contribution in [2.24, 2.45) is 0 Å². The van der Waals surface area contributed by atoms with E-state index in [1.807, 2.05) is 0 Å². The van der Waals surface area contributed by atoms with E-state index in [-0.39, 0.29) is 21.9 Å². The van der Waals surface area contributed by atoms with Gasteiger partial charge in [-0.15, -0.1) is 0 Å². The molecule has 0 bridgehead atoms. The van der Waals surface area contributed by atoms with E-state index in [1.165, 1.54) is 40.4 Å². The number of hydrogen-bond donors (Lipinski definition) is 0. The molecule has 1 aliphatic heterocycles. The predicted octanol–water partition coefficient (Wildman–Crippen LogP) is 2.62. The lowest BCUT2D eigenvalue weighted by atomic mass is 10.1. The van der Waals surface area contributed by atoms with Gasteiger partial charge in [0, 0.05) is 25.5 Å². The van der Waals surface area contributed by atoms with Crippen molar-refractivity contribution in [2.45, 2.75) is 23.8 Å². The summed E-state index contributed by atoms with van der Waals surface area (Å²) in [5, 5.41) is 0.114.